The van der Waals surface area contributed by atoms with Crippen molar-refractivity contribution >= 4 is 17.6 Å². The van der Waals surface area contributed by atoms with Crippen molar-refractivity contribution in [3.8, 4) is 0 Å². The summed E-state index contributed by atoms with van der Waals surface area (Å²) in [6.45, 7) is 2.47. The van der Waals surface area contributed by atoms with Gasteiger partial charge in [0.1, 0.15) is 0 Å². The van der Waals surface area contributed by atoms with Gasteiger partial charge in [-0.2, -0.15) is 0 Å². The molecule has 0 atom stereocenters. The number of piperidine rings is 1. The van der Waals surface area contributed by atoms with Crippen LogP contribution >= 0.6 is 11.9 Å². The molecule has 1 aromatic rings. The Labute approximate surface area is 96.2 Å². The van der Waals surface area contributed by atoms with E-state index in [1.807, 2.05) is 19.0 Å². The Balaban J connectivity index is 1.91. The second-order valence-corrected chi connectivity index (χ2v) is 5.03. The minimum absolute atomic E-state index is 1.18. The molecule has 0 amide bonds. The minimum Gasteiger partial charge on any atom is -0.388 e. The highest BCUT2D eigenvalue weighted by molar-refractivity contribution is 7.97. The van der Waals surface area contributed by atoms with Crippen LogP contribution in [0.5, 0.6) is 0 Å². The molecule has 3 heteroatoms. The number of benzene rings is 1. The zero-order chi connectivity index (χ0) is 10.5. The highest BCUT2D eigenvalue weighted by Gasteiger charge is 2.10. The first-order valence-electron chi connectivity index (χ1n) is 5.59. The van der Waals surface area contributed by atoms with E-state index in [0.717, 1.165) is 0 Å². The van der Waals surface area contributed by atoms with Crippen molar-refractivity contribution in [2.75, 3.05) is 25.5 Å². The molecule has 0 bridgehead atoms. The highest BCUT2D eigenvalue weighted by Crippen LogP contribution is 2.26. The van der Waals surface area contributed by atoms with Crippen molar-refractivity contribution < 1.29 is 0 Å². The molecule has 1 aromatic carbocycles. The summed E-state index contributed by atoms with van der Waals surface area (Å²) in [5.74, 6) is 0. The first kappa shape index (κ1) is 10.8. The monoisotopic (exact) mass is 222 g/mol. The van der Waals surface area contributed by atoms with Gasteiger partial charge in [-0.1, -0.05) is 6.42 Å². The maximum absolute atomic E-state index is 3.13. The zero-order valence-corrected chi connectivity index (χ0v) is 10.0. The molecule has 1 saturated heterocycles. The van der Waals surface area contributed by atoms with Crippen molar-refractivity contribution in [1.82, 2.24) is 4.31 Å². The van der Waals surface area contributed by atoms with Gasteiger partial charge in [-0.25, -0.2) is 4.31 Å². The van der Waals surface area contributed by atoms with Gasteiger partial charge in [-0.05, 0) is 49.1 Å². The van der Waals surface area contributed by atoms with Gasteiger partial charge < -0.3 is 5.32 Å². The summed E-state index contributed by atoms with van der Waals surface area (Å²) in [5, 5.41) is 3.13. The maximum atomic E-state index is 3.13. The van der Waals surface area contributed by atoms with Crippen LogP contribution < -0.4 is 5.32 Å². The Kier molecular flexibility index (Phi) is 3.92. The summed E-state index contributed by atoms with van der Waals surface area (Å²) in [6.07, 6.45) is 4.10. The number of anilines is 1. The van der Waals surface area contributed by atoms with Crippen LogP contribution in [-0.2, 0) is 0 Å². The SMILES string of the molecule is CNc1ccc(SN2CCCCC2)cc1. The number of rotatable bonds is 3. The Morgan fingerprint density at radius 2 is 1.73 bits per heavy atom. The standard InChI is InChI=1S/C12H18N2S/c1-13-11-5-7-12(8-6-11)15-14-9-3-2-4-10-14/h5-8,13H,2-4,9-10H2,1H3. The molecule has 2 rings (SSSR count). The molecule has 15 heavy (non-hydrogen) atoms. The molecule has 0 aliphatic carbocycles. The third-order valence-corrected chi connectivity index (χ3v) is 3.80. The first-order valence-corrected chi connectivity index (χ1v) is 6.36. The molecular formula is C12H18N2S. The van der Waals surface area contributed by atoms with Crippen molar-refractivity contribution in [3.63, 3.8) is 0 Å². The topological polar surface area (TPSA) is 15.3 Å². The maximum Gasteiger partial charge on any atom is 0.0338 e. The number of hydrogen-bond donors (Lipinski definition) is 1. The summed E-state index contributed by atoms with van der Waals surface area (Å²) in [6, 6.07) is 8.63. The van der Waals surface area contributed by atoms with E-state index in [0.29, 0.717) is 0 Å². The normalized spacial score (nSPS) is 17.7. The van der Waals surface area contributed by atoms with Crippen molar-refractivity contribution in [2.24, 2.45) is 0 Å². The van der Waals surface area contributed by atoms with Gasteiger partial charge in [0.2, 0.25) is 0 Å². The molecule has 0 radical (unpaired) electrons. The lowest BCUT2D eigenvalue weighted by molar-refractivity contribution is 0.380. The van der Waals surface area contributed by atoms with E-state index >= 15 is 0 Å². The predicted octanol–water partition coefficient (Wildman–Crippen LogP) is 3.22. The van der Waals surface area contributed by atoms with Crippen LogP contribution in [-0.4, -0.2) is 24.4 Å². The number of hydrogen-bond acceptors (Lipinski definition) is 3. The van der Waals surface area contributed by atoms with Gasteiger partial charge in [0.15, 0.2) is 0 Å². The largest absolute Gasteiger partial charge is 0.388 e. The van der Waals surface area contributed by atoms with E-state index < -0.39 is 0 Å². The molecule has 0 aromatic heterocycles. The molecule has 0 spiro atoms. The Bertz CT molecular complexity index is 291. The molecule has 0 saturated carbocycles. The van der Waals surface area contributed by atoms with Crippen LogP contribution in [0.25, 0.3) is 0 Å². The average Bonchev–Trinajstić information content (AvgIpc) is 2.31. The summed E-state index contributed by atoms with van der Waals surface area (Å²) in [7, 11) is 1.95. The lowest BCUT2D eigenvalue weighted by Gasteiger charge is -2.25. The van der Waals surface area contributed by atoms with E-state index in [9.17, 15) is 0 Å². The van der Waals surface area contributed by atoms with E-state index in [1.165, 1.54) is 42.9 Å². The fraction of sp³-hybridized carbons (Fsp3) is 0.500. The van der Waals surface area contributed by atoms with E-state index in [-0.39, 0.29) is 0 Å². The van der Waals surface area contributed by atoms with Crippen LogP contribution in [0.4, 0.5) is 5.69 Å². The molecule has 1 aliphatic rings. The van der Waals surface area contributed by atoms with Gasteiger partial charge in [-0.3, -0.25) is 0 Å². The van der Waals surface area contributed by atoms with Crippen molar-refractivity contribution in [2.45, 2.75) is 24.2 Å². The lowest BCUT2D eigenvalue weighted by atomic mass is 10.2. The van der Waals surface area contributed by atoms with Crippen LogP contribution in [0.3, 0.4) is 0 Å². The van der Waals surface area contributed by atoms with E-state index in [4.69, 9.17) is 0 Å². The fourth-order valence-corrected chi connectivity index (χ4v) is 2.78. The predicted molar refractivity (Wildman–Crippen MR) is 67.3 cm³/mol. The molecule has 1 aliphatic heterocycles. The van der Waals surface area contributed by atoms with E-state index in [1.54, 1.807) is 0 Å². The summed E-state index contributed by atoms with van der Waals surface area (Å²) >= 11 is 1.89. The zero-order valence-electron chi connectivity index (χ0n) is 9.20. The van der Waals surface area contributed by atoms with Gasteiger partial charge in [0.05, 0.1) is 0 Å². The van der Waals surface area contributed by atoms with Crippen molar-refractivity contribution in [3.05, 3.63) is 24.3 Å². The molecule has 2 nitrogen and oxygen atoms in total. The van der Waals surface area contributed by atoms with Gasteiger partial charge >= 0.3 is 0 Å². The fourth-order valence-electron chi connectivity index (χ4n) is 1.79. The molecule has 82 valence electrons. The van der Waals surface area contributed by atoms with Crippen LogP contribution in [0.1, 0.15) is 19.3 Å². The van der Waals surface area contributed by atoms with Crippen LogP contribution in [0, 0.1) is 0 Å². The van der Waals surface area contributed by atoms with Gasteiger partial charge in [-0.15, -0.1) is 0 Å². The number of nitrogens with zero attached hydrogens (tertiary/aromatic N) is 1. The third kappa shape index (κ3) is 3.14. The quantitative estimate of drug-likeness (QED) is 0.791. The third-order valence-electron chi connectivity index (χ3n) is 2.69. The molecule has 1 heterocycles. The average molecular weight is 222 g/mol. The minimum atomic E-state index is 1.18. The Morgan fingerprint density at radius 1 is 1.07 bits per heavy atom. The second-order valence-electron chi connectivity index (χ2n) is 3.86. The van der Waals surface area contributed by atoms with E-state index in [2.05, 4.69) is 33.9 Å². The lowest BCUT2D eigenvalue weighted by Crippen LogP contribution is -2.22. The first-order chi connectivity index (χ1) is 7.38. The molecule has 1 fully saturated rings. The summed E-state index contributed by atoms with van der Waals surface area (Å²) in [4.78, 5) is 1.34. The summed E-state index contributed by atoms with van der Waals surface area (Å²) in [5.41, 5.74) is 1.18. The Hall–Kier alpha value is -0.670. The second kappa shape index (κ2) is 5.42. The highest BCUT2D eigenvalue weighted by atomic mass is 32.2. The number of nitrogens with one attached hydrogen (secondary N) is 1. The van der Waals surface area contributed by atoms with Gasteiger partial charge in [0, 0.05) is 30.7 Å². The molecule has 0 unspecified atom stereocenters. The molecular weight excluding hydrogens is 204 g/mol. The summed E-state index contributed by atoms with van der Waals surface area (Å²) < 4.78 is 2.47. The molecule has 1 N–H and O–H groups in total. The van der Waals surface area contributed by atoms with Crippen LogP contribution in [0.15, 0.2) is 29.2 Å². The smallest absolute Gasteiger partial charge is 0.0338 e. The van der Waals surface area contributed by atoms with Gasteiger partial charge in [0.25, 0.3) is 0 Å². The van der Waals surface area contributed by atoms with Crippen LogP contribution in [0.2, 0.25) is 0 Å². The Morgan fingerprint density at radius 3 is 2.33 bits per heavy atom. The van der Waals surface area contributed by atoms with Crippen molar-refractivity contribution in [1.29, 1.82) is 0 Å².